The Hall–Kier alpha value is 0.0800. The van der Waals surface area contributed by atoms with Gasteiger partial charge in [0.05, 0.1) is 10.0 Å². The summed E-state index contributed by atoms with van der Waals surface area (Å²) >= 11 is 27.8. The maximum atomic E-state index is 6.22. The Bertz CT molecular complexity index is 573. The lowest BCUT2D eigenvalue weighted by Crippen LogP contribution is -1.89. The molecule has 5 heteroatoms. The molecule has 0 aliphatic rings. The van der Waals surface area contributed by atoms with E-state index in [1.54, 1.807) is 12.1 Å². The topological polar surface area (TPSA) is 0 Å². The molecule has 0 aliphatic carbocycles. The second kappa shape index (κ2) is 6.02. The molecule has 0 nitrogen and oxygen atoms in total. The first-order valence-electron chi connectivity index (χ1n) is 5.02. The number of hydrogen-bond donors (Lipinski definition) is 0. The van der Waals surface area contributed by atoms with Gasteiger partial charge in [-0.3, -0.25) is 0 Å². The summed E-state index contributed by atoms with van der Waals surface area (Å²) in [5, 5.41) is 2.86. The summed E-state index contributed by atoms with van der Waals surface area (Å²) in [6, 6.07) is 8.96. The summed E-state index contributed by atoms with van der Waals surface area (Å²) in [5.74, 6) is 0. The summed E-state index contributed by atoms with van der Waals surface area (Å²) in [7, 11) is 0. The number of hydrogen-bond acceptors (Lipinski definition) is 0. The molecule has 0 fully saturated rings. The summed E-state index contributed by atoms with van der Waals surface area (Å²) in [5.41, 5.74) is 2.72. The maximum Gasteiger partial charge on any atom is 0.0514 e. The van der Waals surface area contributed by atoms with Crippen LogP contribution in [-0.4, -0.2) is 0 Å². The quantitative estimate of drug-likeness (QED) is 0.496. The largest absolute Gasteiger partial charge is 0.0876 e. The zero-order valence-electron chi connectivity index (χ0n) is 8.98. The average Bonchev–Trinajstić information content (AvgIpc) is 2.28. The lowest BCUT2D eigenvalue weighted by molar-refractivity contribution is 1.43. The Balaban J connectivity index is 2.72. The second-order valence-electron chi connectivity index (χ2n) is 3.68. The Morgan fingerprint density at radius 3 is 2.00 bits per heavy atom. The molecule has 0 aromatic heterocycles. The van der Waals surface area contributed by atoms with Crippen molar-refractivity contribution < 1.29 is 0 Å². The molecule has 0 saturated heterocycles. The van der Waals surface area contributed by atoms with Gasteiger partial charge in [-0.25, -0.2) is 0 Å². The van der Waals surface area contributed by atoms with Crippen LogP contribution in [0, 0.1) is 0 Å². The Morgan fingerprint density at radius 1 is 0.833 bits per heavy atom. The van der Waals surface area contributed by atoms with E-state index in [0.717, 1.165) is 16.7 Å². The smallest absolute Gasteiger partial charge is 0.0514 e. The van der Waals surface area contributed by atoms with Gasteiger partial charge >= 0.3 is 0 Å². The van der Waals surface area contributed by atoms with E-state index in [2.05, 4.69) is 15.9 Å². The highest BCUT2D eigenvalue weighted by molar-refractivity contribution is 9.08. The fourth-order valence-electron chi connectivity index (χ4n) is 1.70. The van der Waals surface area contributed by atoms with E-state index in [1.807, 2.05) is 18.2 Å². The van der Waals surface area contributed by atoms with E-state index in [1.165, 1.54) is 0 Å². The van der Waals surface area contributed by atoms with Gasteiger partial charge in [-0.05, 0) is 35.4 Å². The normalized spacial score (nSPS) is 10.7. The van der Waals surface area contributed by atoms with Crippen molar-refractivity contribution in [2.45, 2.75) is 5.33 Å². The van der Waals surface area contributed by atoms with Gasteiger partial charge in [0.15, 0.2) is 0 Å². The van der Waals surface area contributed by atoms with Gasteiger partial charge in [0.2, 0.25) is 0 Å². The van der Waals surface area contributed by atoms with Crippen LogP contribution in [0.3, 0.4) is 0 Å². The molecule has 0 N–H and O–H groups in total. The first kappa shape index (κ1) is 14.5. The first-order valence-corrected chi connectivity index (χ1v) is 7.65. The van der Waals surface area contributed by atoms with Crippen LogP contribution in [0.5, 0.6) is 0 Å². The molecule has 94 valence electrons. The molecule has 2 rings (SSSR count). The van der Waals surface area contributed by atoms with Crippen LogP contribution in [-0.2, 0) is 5.33 Å². The predicted molar refractivity (Wildman–Crippen MR) is 84.5 cm³/mol. The lowest BCUT2D eigenvalue weighted by atomic mass is 10.0. The van der Waals surface area contributed by atoms with Crippen LogP contribution in [0.1, 0.15) is 5.56 Å². The van der Waals surface area contributed by atoms with Crippen molar-refractivity contribution in [3.8, 4) is 11.1 Å². The molecule has 18 heavy (non-hydrogen) atoms. The van der Waals surface area contributed by atoms with Crippen molar-refractivity contribution in [2.24, 2.45) is 0 Å². The zero-order chi connectivity index (χ0) is 13.3. The molecule has 0 aliphatic heterocycles. The van der Waals surface area contributed by atoms with Gasteiger partial charge in [-0.2, -0.15) is 0 Å². The zero-order valence-corrected chi connectivity index (χ0v) is 13.6. The standard InChI is InChI=1S/C13H7BrCl4/c14-6-7-1-2-8(15)3-10(7)13-11(17)4-9(16)5-12(13)18/h1-5H,6H2. The van der Waals surface area contributed by atoms with E-state index in [9.17, 15) is 0 Å². The number of halogens is 5. The second-order valence-corrected chi connectivity index (χ2v) is 5.93. The van der Waals surface area contributed by atoms with E-state index in [-0.39, 0.29) is 0 Å². The molecular weight excluding hydrogens is 378 g/mol. The molecule has 0 radical (unpaired) electrons. The molecule has 2 aromatic rings. The van der Waals surface area contributed by atoms with Crippen molar-refractivity contribution in [3.63, 3.8) is 0 Å². The van der Waals surface area contributed by atoms with Crippen LogP contribution in [0.2, 0.25) is 20.1 Å². The van der Waals surface area contributed by atoms with E-state index >= 15 is 0 Å². The predicted octanol–water partition coefficient (Wildman–Crippen LogP) is 6.86. The third-order valence-electron chi connectivity index (χ3n) is 2.49. The maximum absolute atomic E-state index is 6.22. The Labute approximate surface area is 134 Å². The van der Waals surface area contributed by atoms with Crippen molar-refractivity contribution >= 4 is 62.3 Å². The minimum atomic E-state index is 0.510. The number of rotatable bonds is 2. The van der Waals surface area contributed by atoms with Gasteiger partial charge in [0, 0.05) is 20.9 Å². The van der Waals surface area contributed by atoms with Crippen LogP contribution in [0.25, 0.3) is 11.1 Å². The Kier molecular flexibility index (Phi) is 4.85. The van der Waals surface area contributed by atoms with Crippen LogP contribution in [0.4, 0.5) is 0 Å². The molecular formula is C13H7BrCl4. The van der Waals surface area contributed by atoms with Crippen molar-refractivity contribution in [1.29, 1.82) is 0 Å². The van der Waals surface area contributed by atoms with Crippen LogP contribution in [0.15, 0.2) is 30.3 Å². The minimum Gasteiger partial charge on any atom is -0.0876 e. The minimum absolute atomic E-state index is 0.510. The fraction of sp³-hybridized carbons (Fsp3) is 0.0769. The van der Waals surface area contributed by atoms with Crippen molar-refractivity contribution in [3.05, 3.63) is 56.0 Å². The third kappa shape index (κ3) is 2.97. The highest BCUT2D eigenvalue weighted by atomic mass is 79.9. The van der Waals surface area contributed by atoms with Crippen molar-refractivity contribution in [2.75, 3.05) is 0 Å². The molecule has 0 heterocycles. The molecule has 0 unspecified atom stereocenters. The number of alkyl halides is 1. The monoisotopic (exact) mass is 382 g/mol. The average molecular weight is 385 g/mol. The van der Waals surface area contributed by atoms with E-state index < -0.39 is 0 Å². The highest BCUT2D eigenvalue weighted by Gasteiger charge is 2.14. The Morgan fingerprint density at radius 2 is 1.44 bits per heavy atom. The van der Waals surface area contributed by atoms with E-state index in [0.29, 0.717) is 25.4 Å². The molecule has 0 atom stereocenters. The van der Waals surface area contributed by atoms with Gasteiger partial charge in [-0.15, -0.1) is 0 Å². The summed E-state index contributed by atoms with van der Waals surface area (Å²) in [6.45, 7) is 0. The number of benzene rings is 2. The molecule has 0 amide bonds. The van der Waals surface area contributed by atoms with Crippen molar-refractivity contribution in [1.82, 2.24) is 0 Å². The summed E-state index contributed by atoms with van der Waals surface area (Å²) in [4.78, 5) is 0. The van der Waals surface area contributed by atoms with Gasteiger partial charge in [0.25, 0.3) is 0 Å². The molecule has 0 bridgehead atoms. The first-order chi connectivity index (χ1) is 8.52. The molecule has 2 aromatic carbocycles. The third-order valence-corrected chi connectivity index (χ3v) is 4.15. The van der Waals surface area contributed by atoms with Gasteiger partial charge in [-0.1, -0.05) is 68.4 Å². The molecule has 0 spiro atoms. The van der Waals surface area contributed by atoms with Gasteiger partial charge in [0.1, 0.15) is 0 Å². The highest BCUT2D eigenvalue weighted by Crippen LogP contribution is 2.40. The molecule has 0 saturated carbocycles. The van der Waals surface area contributed by atoms with Crippen LogP contribution < -0.4 is 0 Å². The van der Waals surface area contributed by atoms with E-state index in [4.69, 9.17) is 46.4 Å². The fourth-order valence-corrected chi connectivity index (χ4v) is 3.38. The van der Waals surface area contributed by atoms with Gasteiger partial charge < -0.3 is 0 Å². The summed E-state index contributed by atoms with van der Waals surface area (Å²) < 4.78 is 0. The summed E-state index contributed by atoms with van der Waals surface area (Å²) in [6.07, 6.45) is 0. The van der Waals surface area contributed by atoms with Crippen LogP contribution >= 0.6 is 62.3 Å². The lowest BCUT2D eigenvalue weighted by Gasteiger charge is -2.12. The SMILES string of the molecule is Clc1cc(Cl)c(-c2cc(Cl)ccc2CBr)c(Cl)c1.